The molecule has 1 aromatic rings. The molecule has 1 aromatic carbocycles. The highest BCUT2D eigenvalue weighted by Gasteiger charge is 2.25. The summed E-state index contributed by atoms with van der Waals surface area (Å²) in [5, 5.41) is 5.44. The average Bonchev–Trinajstić information content (AvgIpc) is 2.76. The van der Waals surface area contributed by atoms with Gasteiger partial charge in [-0.2, -0.15) is 0 Å². The van der Waals surface area contributed by atoms with Crippen LogP contribution in [0.3, 0.4) is 0 Å². The minimum atomic E-state index is -0.641. The lowest BCUT2D eigenvalue weighted by Gasteiger charge is -2.38. The van der Waals surface area contributed by atoms with Crippen molar-refractivity contribution in [2.45, 2.75) is 6.04 Å². The number of likely N-dealkylation sites (N-methyl/N-ethyl adjacent to an activating group) is 1. The van der Waals surface area contributed by atoms with Crippen LogP contribution in [-0.4, -0.2) is 106 Å². The summed E-state index contributed by atoms with van der Waals surface area (Å²) < 4.78 is 18.7. The molecule has 0 spiro atoms. The minimum Gasteiger partial charge on any atom is -0.379 e. The number of rotatable bonds is 7. The Balaban J connectivity index is 1.50. The molecular formula is C21H32FN5O3. The highest BCUT2D eigenvalue weighted by Crippen LogP contribution is 2.22. The number of hydrogen-bond acceptors (Lipinski definition) is 6. The summed E-state index contributed by atoms with van der Waals surface area (Å²) in [6.07, 6.45) is 0. The lowest BCUT2D eigenvalue weighted by Crippen LogP contribution is -2.50. The van der Waals surface area contributed by atoms with Crippen molar-refractivity contribution in [3.8, 4) is 0 Å². The van der Waals surface area contributed by atoms with Crippen molar-refractivity contribution >= 4 is 11.8 Å². The van der Waals surface area contributed by atoms with Gasteiger partial charge in [0, 0.05) is 58.9 Å². The SMILES string of the molecule is CN1CCN(C(CNC(=O)C(=O)NCCN2CCOCC2)c2ccc(F)cc2)CC1. The fourth-order valence-electron chi connectivity index (χ4n) is 3.78. The highest BCUT2D eigenvalue weighted by molar-refractivity contribution is 6.35. The van der Waals surface area contributed by atoms with E-state index >= 15 is 0 Å². The maximum Gasteiger partial charge on any atom is 0.309 e. The normalized spacial score (nSPS) is 19.9. The molecule has 3 rings (SSSR count). The molecule has 2 aliphatic heterocycles. The third-order valence-electron chi connectivity index (χ3n) is 5.71. The molecule has 0 bridgehead atoms. The van der Waals surface area contributed by atoms with Crippen molar-refractivity contribution in [2.24, 2.45) is 0 Å². The fraction of sp³-hybridized carbons (Fsp3) is 0.619. The Kier molecular flexibility index (Phi) is 8.56. The second-order valence-corrected chi connectivity index (χ2v) is 7.83. The van der Waals surface area contributed by atoms with Crippen LogP contribution in [0.25, 0.3) is 0 Å². The number of carbonyl (C=O) groups excluding carboxylic acids is 2. The Labute approximate surface area is 177 Å². The molecule has 2 N–H and O–H groups in total. The molecule has 2 amide bonds. The fourth-order valence-corrected chi connectivity index (χ4v) is 3.78. The monoisotopic (exact) mass is 421 g/mol. The Bertz CT molecular complexity index is 688. The van der Waals surface area contributed by atoms with Crippen LogP contribution in [0.2, 0.25) is 0 Å². The number of carbonyl (C=O) groups is 2. The van der Waals surface area contributed by atoms with Gasteiger partial charge in [0.25, 0.3) is 0 Å². The van der Waals surface area contributed by atoms with E-state index in [0.29, 0.717) is 32.8 Å². The number of benzene rings is 1. The number of hydrogen-bond donors (Lipinski definition) is 2. The van der Waals surface area contributed by atoms with Crippen molar-refractivity contribution in [3.05, 3.63) is 35.6 Å². The van der Waals surface area contributed by atoms with Crippen LogP contribution in [0.4, 0.5) is 4.39 Å². The summed E-state index contributed by atoms with van der Waals surface area (Å²) in [4.78, 5) is 31.2. The third kappa shape index (κ3) is 6.73. The third-order valence-corrected chi connectivity index (χ3v) is 5.71. The molecule has 2 fully saturated rings. The predicted molar refractivity (Wildman–Crippen MR) is 111 cm³/mol. The number of ether oxygens (including phenoxy) is 1. The van der Waals surface area contributed by atoms with E-state index in [2.05, 4.69) is 32.4 Å². The van der Waals surface area contributed by atoms with Crippen molar-refractivity contribution in [1.82, 2.24) is 25.3 Å². The van der Waals surface area contributed by atoms with Crippen molar-refractivity contribution in [3.63, 3.8) is 0 Å². The second-order valence-electron chi connectivity index (χ2n) is 7.83. The van der Waals surface area contributed by atoms with E-state index in [1.807, 2.05) is 0 Å². The van der Waals surface area contributed by atoms with E-state index in [0.717, 1.165) is 44.8 Å². The molecule has 2 aliphatic rings. The standard InChI is InChI=1S/C21H32FN5O3/c1-25-8-10-27(11-9-25)19(17-2-4-18(22)5-3-17)16-24-21(29)20(28)23-6-7-26-12-14-30-15-13-26/h2-5,19H,6-16H2,1H3,(H,23,28)(H,24,29). The van der Waals surface area contributed by atoms with Crippen LogP contribution in [0, 0.1) is 5.82 Å². The van der Waals surface area contributed by atoms with Gasteiger partial charge in [-0.05, 0) is 24.7 Å². The number of amides is 2. The van der Waals surface area contributed by atoms with Gasteiger partial charge in [0.15, 0.2) is 0 Å². The van der Waals surface area contributed by atoms with Crippen LogP contribution < -0.4 is 10.6 Å². The van der Waals surface area contributed by atoms with Crippen LogP contribution >= 0.6 is 0 Å². The van der Waals surface area contributed by atoms with Gasteiger partial charge in [-0.1, -0.05) is 12.1 Å². The molecule has 8 nitrogen and oxygen atoms in total. The van der Waals surface area contributed by atoms with E-state index in [1.54, 1.807) is 12.1 Å². The van der Waals surface area contributed by atoms with Crippen LogP contribution in [0.1, 0.15) is 11.6 Å². The average molecular weight is 422 g/mol. The molecule has 166 valence electrons. The Morgan fingerprint density at radius 3 is 2.30 bits per heavy atom. The van der Waals surface area contributed by atoms with E-state index in [1.165, 1.54) is 12.1 Å². The lowest BCUT2D eigenvalue weighted by molar-refractivity contribution is -0.139. The van der Waals surface area contributed by atoms with E-state index < -0.39 is 11.8 Å². The summed E-state index contributed by atoms with van der Waals surface area (Å²) in [5.74, 6) is -1.56. The van der Waals surface area contributed by atoms with Crippen LogP contribution in [0.15, 0.2) is 24.3 Å². The predicted octanol–water partition coefficient (Wildman–Crippen LogP) is -0.321. The quantitative estimate of drug-likeness (QED) is 0.588. The van der Waals surface area contributed by atoms with E-state index in [9.17, 15) is 14.0 Å². The molecule has 2 saturated heterocycles. The molecule has 0 radical (unpaired) electrons. The van der Waals surface area contributed by atoms with Crippen molar-refractivity contribution < 1.29 is 18.7 Å². The number of halogens is 1. The van der Waals surface area contributed by atoms with Gasteiger partial charge in [-0.25, -0.2) is 4.39 Å². The Morgan fingerprint density at radius 1 is 1.00 bits per heavy atom. The van der Waals surface area contributed by atoms with Gasteiger partial charge < -0.3 is 20.3 Å². The summed E-state index contributed by atoms with van der Waals surface area (Å²) in [5.41, 5.74) is 0.925. The smallest absolute Gasteiger partial charge is 0.309 e. The van der Waals surface area contributed by atoms with Gasteiger partial charge in [-0.15, -0.1) is 0 Å². The molecule has 1 unspecified atom stereocenters. The van der Waals surface area contributed by atoms with Crippen LogP contribution in [0.5, 0.6) is 0 Å². The summed E-state index contributed by atoms with van der Waals surface area (Å²) in [6, 6.07) is 6.24. The number of nitrogens with one attached hydrogen (secondary N) is 2. The largest absolute Gasteiger partial charge is 0.379 e. The first-order valence-electron chi connectivity index (χ1n) is 10.6. The van der Waals surface area contributed by atoms with E-state index in [4.69, 9.17) is 4.74 Å². The van der Waals surface area contributed by atoms with Crippen LogP contribution in [-0.2, 0) is 14.3 Å². The van der Waals surface area contributed by atoms with E-state index in [-0.39, 0.29) is 11.9 Å². The first-order chi connectivity index (χ1) is 14.5. The Hall–Kier alpha value is -2.07. The highest BCUT2D eigenvalue weighted by atomic mass is 19.1. The van der Waals surface area contributed by atoms with Crippen molar-refractivity contribution in [2.75, 3.05) is 79.2 Å². The second kappa shape index (κ2) is 11.4. The van der Waals surface area contributed by atoms with Gasteiger partial charge in [0.2, 0.25) is 0 Å². The maximum atomic E-state index is 13.4. The molecular weight excluding hydrogens is 389 g/mol. The number of nitrogens with zero attached hydrogens (tertiary/aromatic N) is 3. The first kappa shape index (κ1) is 22.6. The number of morpholine rings is 1. The van der Waals surface area contributed by atoms with Gasteiger partial charge in [-0.3, -0.25) is 19.4 Å². The number of piperazine rings is 1. The zero-order valence-corrected chi connectivity index (χ0v) is 17.6. The molecule has 1 atom stereocenters. The molecule has 0 aliphatic carbocycles. The molecule has 0 aromatic heterocycles. The summed E-state index contributed by atoms with van der Waals surface area (Å²) in [7, 11) is 2.08. The van der Waals surface area contributed by atoms with Gasteiger partial charge in [0.05, 0.1) is 19.3 Å². The zero-order valence-electron chi connectivity index (χ0n) is 17.6. The summed E-state index contributed by atoms with van der Waals surface area (Å²) in [6.45, 7) is 8.04. The van der Waals surface area contributed by atoms with Crippen molar-refractivity contribution in [1.29, 1.82) is 0 Å². The molecule has 2 heterocycles. The maximum absolute atomic E-state index is 13.4. The zero-order chi connectivity index (χ0) is 21.3. The summed E-state index contributed by atoms with van der Waals surface area (Å²) >= 11 is 0. The van der Waals surface area contributed by atoms with Gasteiger partial charge in [0.1, 0.15) is 5.82 Å². The molecule has 0 saturated carbocycles. The lowest BCUT2D eigenvalue weighted by atomic mass is 10.0. The molecule has 9 heteroatoms. The first-order valence-corrected chi connectivity index (χ1v) is 10.6. The molecule has 30 heavy (non-hydrogen) atoms. The minimum absolute atomic E-state index is 0.107. The van der Waals surface area contributed by atoms with Gasteiger partial charge >= 0.3 is 11.8 Å². The Morgan fingerprint density at radius 2 is 1.63 bits per heavy atom. The topological polar surface area (TPSA) is 77.1 Å².